The van der Waals surface area contributed by atoms with Gasteiger partial charge in [0.15, 0.2) is 12.4 Å². The molecule has 1 unspecified atom stereocenters. The summed E-state index contributed by atoms with van der Waals surface area (Å²) in [7, 11) is -1.67. The molecule has 9 nitrogen and oxygen atoms in total. The number of ether oxygens (including phenoxy) is 1. The smallest absolute Gasteiger partial charge is 0.330 e. The van der Waals surface area contributed by atoms with E-state index in [1.54, 1.807) is 0 Å². The molecular formula is C19H30FN4O5P. The van der Waals surface area contributed by atoms with E-state index < -0.39 is 44.4 Å². The third kappa shape index (κ3) is 5.74. The summed E-state index contributed by atoms with van der Waals surface area (Å²) in [5.41, 5.74) is -1.31. The summed E-state index contributed by atoms with van der Waals surface area (Å²) in [6.07, 6.45) is -2.56. The van der Waals surface area contributed by atoms with Gasteiger partial charge in [-0.15, -0.1) is 0 Å². The van der Waals surface area contributed by atoms with Crippen molar-refractivity contribution in [2.75, 3.05) is 6.61 Å². The number of aromatic nitrogens is 2. The minimum Gasteiger partial charge on any atom is -0.349 e. The number of nitrogens with one attached hydrogen (secondary N) is 1. The van der Waals surface area contributed by atoms with E-state index in [1.165, 1.54) is 6.20 Å². The Balaban J connectivity index is 2.29. The molecule has 0 spiro atoms. The van der Waals surface area contributed by atoms with Crippen molar-refractivity contribution in [1.82, 2.24) is 14.2 Å². The van der Waals surface area contributed by atoms with Gasteiger partial charge in [0.2, 0.25) is 0 Å². The molecule has 0 bridgehead atoms. The molecule has 2 rings (SSSR count). The van der Waals surface area contributed by atoms with E-state index >= 15 is 4.39 Å². The fraction of sp³-hybridized carbons (Fsp3) is 0.737. The average molecular weight is 444 g/mol. The number of hydrogen-bond donors (Lipinski definition) is 1. The molecule has 5 atom stereocenters. The van der Waals surface area contributed by atoms with E-state index in [9.17, 15) is 9.59 Å². The van der Waals surface area contributed by atoms with Gasteiger partial charge in [-0.25, -0.2) is 13.9 Å². The molecule has 2 heterocycles. The largest absolute Gasteiger partial charge is 0.349 e. The predicted molar refractivity (Wildman–Crippen MR) is 111 cm³/mol. The second-order valence-corrected chi connectivity index (χ2v) is 8.96. The Labute approximate surface area is 176 Å². The van der Waals surface area contributed by atoms with Crippen molar-refractivity contribution in [2.45, 2.75) is 84.2 Å². The van der Waals surface area contributed by atoms with Crippen LogP contribution in [0.3, 0.4) is 0 Å². The van der Waals surface area contributed by atoms with Crippen molar-refractivity contribution < 1.29 is 18.2 Å². The highest BCUT2D eigenvalue weighted by molar-refractivity contribution is 7.44. The maximum absolute atomic E-state index is 15.5. The first kappa shape index (κ1) is 24.6. The topological polar surface area (TPSA) is 110 Å². The van der Waals surface area contributed by atoms with Crippen LogP contribution in [0, 0.1) is 11.3 Å². The van der Waals surface area contributed by atoms with E-state index in [-0.39, 0.29) is 25.1 Å². The van der Waals surface area contributed by atoms with Crippen molar-refractivity contribution in [1.29, 1.82) is 5.26 Å². The summed E-state index contributed by atoms with van der Waals surface area (Å²) < 4.78 is 36.3. The second kappa shape index (κ2) is 11.1. The van der Waals surface area contributed by atoms with Gasteiger partial charge in [0.05, 0.1) is 25.2 Å². The fourth-order valence-corrected chi connectivity index (χ4v) is 5.16. The molecule has 30 heavy (non-hydrogen) atoms. The number of alkyl halides is 1. The number of aromatic amines is 1. The normalized spacial score (nSPS) is 25.2. The van der Waals surface area contributed by atoms with Crippen LogP contribution >= 0.6 is 8.53 Å². The van der Waals surface area contributed by atoms with Gasteiger partial charge in [0, 0.05) is 24.3 Å². The van der Waals surface area contributed by atoms with Gasteiger partial charge in [-0.1, -0.05) is 6.92 Å². The Morgan fingerprint density at radius 3 is 2.57 bits per heavy atom. The summed E-state index contributed by atoms with van der Waals surface area (Å²) in [6.45, 7) is 9.97. The molecule has 0 aliphatic carbocycles. The molecule has 11 heteroatoms. The van der Waals surface area contributed by atoms with Gasteiger partial charge >= 0.3 is 5.69 Å². The van der Waals surface area contributed by atoms with Gasteiger partial charge in [-0.2, -0.15) is 5.26 Å². The quantitative estimate of drug-likeness (QED) is 0.436. The fourth-order valence-electron chi connectivity index (χ4n) is 3.40. The number of halogens is 1. The van der Waals surface area contributed by atoms with Crippen LogP contribution in [0.2, 0.25) is 0 Å². The first-order valence-electron chi connectivity index (χ1n) is 10.1. The Hall–Kier alpha value is -1.63. The standard InChI is InChI=1S/C19H30FN4O5P/c1-6-14-17(16(20)18(28-14)23-10-8-15(25)22-19(23)26)29-30(27-11-7-9-21)24(12(2)3)13(4)5/h8,10,12-14,16-18H,6-7,11H2,1-5H3,(H,22,25,26)/t14-,16+,17-,18+,30?/m0/s1. The molecule has 1 fully saturated rings. The summed E-state index contributed by atoms with van der Waals surface area (Å²) >= 11 is 0. The average Bonchev–Trinajstić information content (AvgIpc) is 2.97. The first-order chi connectivity index (χ1) is 14.2. The molecule has 0 amide bonds. The lowest BCUT2D eigenvalue weighted by molar-refractivity contribution is -0.0273. The second-order valence-electron chi connectivity index (χ2n) is 7.55. The molecule has 168 valence electrons. The number of nitriles is 1. The molecule has 1 aliphatic rings. The highest BCUT2D eigenvalue weighted by Gasteiger charge is 2.48. The monoisotopic (exact) mass is 444 g/mol. The maximum Gasteiger partial charge on any atom is 0.330 e. The van der Waals surface area contributed by atoms with Crippen LogP contribution in [0.25, 0.3) is 0 Å². The highest BCUT2D eigenvalue weighted by atomic mass is 31.2. The number of H-pyrrole nitrogens is 1. The van der Waals surface area contributed by atoms with Crippen molar-refractivity contribution >= 4 is 8.53 Å². The molecule has 0 radical (unpaired) electrons. The number of hydrogen-bond acceptors (Lipinski definition) is 7. The Bertz CT molecular complexity index is 831. The molecule has 1 N–H and O–H groups in total. The van der Waals surface area contributed by atoms with Gasteiger partial charge < -0.3 is 13.8 Å². The highest BCUT2D eigenvalue weighted by Crippen LogP contribution is 2.50. The molecule has 1 aromatic rings. The van der Waals surface area contributed by atoms with Crippen LogP contribution < -0.4 is 11.2 Å². The Morgan fingerprint density at radius 2 is 2.03 bits per heavy atom. The van der Waals surface area contributed by atoms with Gasteiger partial charge in [0.1, 0.15) is 6.10 Å². The Morgan fingerprint density at radius 1 is 1.37 bits per heavy atom. The third-order valence-electron chi connectivity index (χ3n) is 4.67. The van der Waals surface area contributed by atoms with E-state index in [0.717, 1.165) is 10.6 Å². The first-order valence-corrected chi connectivity index (χ1v) is 11.2. The zero-order valence-corrected chi connectivity index (χ0v) is 18.8. The summed E-state index contributed by atoms with van der Waals surface area (Å²) in [5.74, 6) is 0. The SMILES string of the molecule is CC[C@@H]1O[C@@H](n2ccc(=O)[nH]c2=O)[C@H](F)[C@H]1OP(OCCC#N)N(C(C)C)C(C)C. The van der Waals surface area contributed by atoms with Crippen molar-refractivity contribution in [3.05, 3.63) is 33.1 Å². The minimum absolute atomic E-state index is 0.0660. The molecular weight excluding hydrogens is 414 g/mol. The third-order valence-corrected chi connectivity index (χ3v) is 6.80. The van der Waals surface area contributed by atoms with E-state index in [2.05, 4.69) is 4.98 Å². The molecule has 1 aliphatic heterocycles. The lowest BCUT2D eigenvalue weighted by Gasteiger charge is -2.37. The molecule has 1 saturated heterocycles. The van der Waals surface area contributed by atoms with Gasteiger partial charge in [-0.05, 0) is 34.1 Å². The molecule has 0 aromatic carbocycles. The zero-order chi connectivity index (χ0) is 22.4. The number of rotatable bonds is 10. The summed E-state index contributed by atoms with van der Waals surface area (Å²) in [6, 6.07) is 3.30. The van der Waals surface area contributed by atoms with Crippen LogP contribution in [0.4, 0.5) is 4.39 Å². The predicted octanol–water partition coefficient (Wildman–Crippen LogP) is 2.84. The van der Waals surface area contributed by atoms with Crippen molar-refractivity contribution in [3.63, 3.8) is 0 Å². The number of nitrogens with zero attached hydrogens (tertiary/aromatic N) is 3. The van der Waals surface area contributed by atoms with Crippen LogP contribution in [0.5, 0.6) is 0 Å². The summed E-state index contributed by atoms with van der Waals surface area (Å²) in [4.78, 5) is 25.6. The molecule has 1 aromatic heterocycles. The Kier molecular flexibility index (Phi) is 9.13. The zero-order valence-electron chi connectivity index (χ0n) is 17.9. The minimum atomic E-state index is -1.67. The summed E-state index contributed by atoms with van der Waals surface area (Å²) in [5, 5.41) is 8.83. The molecule has 0 saturated carbocycles. The van der Waals surface area contributed by atoms with Gasteiger partial charge in [0.25, 0.3) is 14.1 Å². The lowest BCUT2D eigenvalue weighted by atomic mass is 10.1. The van der Waals surface area contributed by atoms with Crippen LogP contribution in [-0.4, -0.2) is 51.3 Å². The van der Waals surface area contributed by atoms with Crippen LogP contribution in [0.15, 0.2) is 21.9 Å². The lowest BCUT2D eigenvalue weighted by Crippen LogP contribution is -2.38. The van der Waals surface area contributed by atoms with Crippen molar-refractivity contribution in [3.8, 4) is 6.07 Å². The van der Waals surface area contributed by atoms with E-state index in [0.29, 0.717) is 6.42 Å². The van der Waals surface area contributed by atoms with E-state index in [4.69, 9.17) is 19.0 Å². The van der Waals surface area contributed by atoms with Crippen molar-refractivity contribution in [2.24, 2.45) is 0 Å². The van der Waals surface area contributed by atoms with Gasteiger partial charge in [-0.3, -0.25) is 14.3 Å². The van der Waals surface area contributed by atoms with E-state index in [1.807, 2.05) is 45.4 Å². The van der Waals surface area contributed by atoms with Crippen LogP contribution in [0.1, 0.15) is 53.7 Å². The van der Waals surface area contributed by atoms with Crippen LogP contribution in [-0.2, 0) is 13.8 Å². The maximum atomic E-state index is 15.5.